The monoisotopic (exact) mass is 148 g/mol. The van der Waals surface area contributed by atoms with Crippen molar-refractivity contribution in [3.8, 4) is 0 Å². The Morgan fingerprint density at radius 3 is 2.20 bits per heavy atom. The van der Waals surface area contributed by atoms with Gasteiger partial charge in [-0.3, -0.25) is 0 Å². The van der Waals surface area contributed by atoms with E-state index in [4.69, 9.17) is 5.11 Å². The van der Waals surface area contributed by atoms with E-state index in [-0.39, 0.29) is 24.0 Å². The minimum absolute atomic E-state index is 0.102. The molecule has 0 radical (unpaired) electrons. The average molecular weight is 148 g/mol. The van der Waals surface area contributed by atoms with Gasteiger partial charge in [0.1, 0.15) is 0 Å². The molecule has 0 unspecified atom stereocenters. The van der Waals surface area contributed by atoms with E-state index >= 15 is 0 Å². The molecule has 0 aromatic heterocycles. The van der Waals surface area contributed by atoms with Gasteiger partial charge in [0.15, 0.2) is 0 Å². The predicted molar refractivity (Wildman–Crippen MR) is 29.9 cm³/mol. The van der Waals surface area contributed by atoms with Gasteiger partial charge in [-0.1, -0.05) is 0 Å². The molecule has 0 fully saturated rings. The summed E-state index contributed by atoms with van der Waals surface area (Å²) in [4.78, 5) is 10.1. The summed E-state index contributed by atoms with van der Waals surface area (Å²) in [6, 6.07) is 0. The summed E-state index contributed by atoms with van der Waals surface area (Å²) < 4.78 is 23.5. The molecule has 56 valence electrons. The first-order chi connectivity index (χ1) is 4.63. The number of allylic oxidation sites excluding steroid dienone is 1. The summed E-state index contributed by atoms with van der Waals surface area (Å²) in [5.41, 5.74) is -0.303. The zero-order valence-corrected chi connectivity index (χ0v) is 5.10. The number of carboxylic acid groups (broad SMARTS) is 1. The van der Waals surface area contributed by atoms with Crippen molar-refractivity contribution in [2.75, 3.05) is 0 Å². The first kappa shape index (κ1) is 7.18. The number of carbonyl (C=O) groups is 1. The fraction of sp³-hybridized carbons (Fsp3) is 0.500. The number of aliphatic carboxylic acids is 1. The van der Waals surface area contributed by atoms with Crippen molar-refractivity contribution in [2.24, 2.45) is 0 Å². The summed E-state index contributed by atoms with van der Waals surface area (Å²) in [5.74, 6) is -1.21. The van der Waals surface area contributed by atoms with Crippen LogP contribution in [0, 0.1) is 0 Å². The number of rotatable bonds is 2. The molecule has 1 N–H and O–H groups in total. The topological polar surface area (TPSA) is 37.3 Å². The normalized spacial score (nSPS) is 17.5. The van der Waals surface area contributed by atoms with Gasteiger partial charge >= 0.3 is 5.97 Å². The van der Waals surface area contributed by atoms with Gasteiger partial charge in [0.2, 0.25) is 0 Å². The number of halogens is 2. The second kappa shape index (κ2) is 2.36. The largest absolute Gasteiger partial charge is 0.478 e. The molecule has 0 aromatic carbocycles. The molecule has 0 aliphatic heterocycles. The van der Waals surface area contributed by atoms with E-state index in [1.54, 1.807) is 0 Å². The fourth-order valence-electron chi connectivity index (χ4n) is 0.879. The molecule has 1 aliphatic carbocycles. The summed E-state index contributed by atoms with van der Waals surface area (Å²) in [5, 5.41) is 8.26. The van der Waals surface area contributed by atoms with Crippen LogP contribution in [0.25, 0.3) is 0 Å². The Bertz CT molecular complexity index is 196. The molecular formula is C6H6F2O2. The van der Waals surface area contributed by atoms with Crippen LogP contribution in [-0.4, -0.2) is 17.5 Å². The van der Waals surface area contributed by atoms with Crippen molar-refractivity contribution in [1.29, 1.82) is 0 Å². The first-order valence-corrected chi connectivity index (χ1v) is 2.86. The van der Waals surface area contributed by atoms with Gasteiger partial charge in [-0.25, -0.2) is 13.6 Å². The third-order valence-electron chi connectivity index (χ3n) is 1.55. The molecule has 0 spiro atoms. The van der Waals surface area contributed by atoms with Crippen molar-refractivity contribution < 1.29 is 18.7 Å². The summed E-state index contributed by atoms with van der Waals surface area (Å²) in [6.45, 7) is 0. The van der Waals surface area contributed by atoms with Crippen LogP contribution in [0.5, 0.6) is 0 Å². The lowest BCUT2D eigenvalue weighted by Crippen LogP contribution is -2.17. The van der Waals surface area contributed by atoms with Gasteiger partial charge in [-0.05, 0) is 12.8 Å². The smallest absolute Gasteiger partial charge is 0.331 e. The zero-order valence-electron chi connectivity index (χ0n) is 5.10. The summed E-state index contributed by atoms with van der Waals surface area (Å²) >= 11 is 0. The van der Waals surface area contributed by atoms with Crippen LogP contribution in [0.2, 0.25) is 0 Å². The highest BCUT2D eigenvalue weighted by molar-refractivity contribution is 5.89. The number of carboxylic acids is 1. The molecule has 0 bridgehead atoms. The minimum atomic E-state index is -2.58. The predicted octanol–water partition coefficient (Wildman–Crippen LogP) is 1.43. The van der Waals surface area contributed by atoms with E-state index in [0.29, 0.717) is 0 Å². The first-order valence-electron chi connectivity index (χ1n) is 2.86. The lowest BCUT2D eigenvalue weighted by molar-refractivity contribution is -0.133. The Morgan fingerprint density at radius 2 is 2.10 bits per heavy atom. The van der Waals surface area contributed by atoms with Crippen molar-refractivity contribution >= 4 is 5.97 Å². The zero-order chi connectivity index (χ0) is 7.72. The van der Waals surface area contributed by atoms with Crippen LogP contribution >= 0.6 is 0 Å². The molecule has 0 amide bonds. The highest BCUT2D eigenvalue weighted by Gasteiger charge is 2.28. The Hall–Kier alpha value is -0.930. The van der Waals surface area contributed by atoms with Gasteiger partial charge in [0.05, 0.1) is 0 Å². The molecule has 0 saturated carbocycles. The van der Waals surface area contributed by atoms with E-state index in [9.17, 15) is 13.6 Å². The molecule has 0 atom stereocenters. The minimum Gasteiger partial charge on any atom is -0.478 e. The maximum absolute atomic E-state index is 11.8. The van der Waals surface area contributed by atoms with Crippen LogP contribution in [0.3, 0.4) is 0 Å². The number of hydrogen-bond acceptors (Lipinski definition) is 1. The van der Waals surface area contributed by atoms with E-state index in [2.05, 4.69) is 0 Å². The molecule has 0 aromatic rings. The van der Waals surface area contributed by atoms with Gasteiger partial charge in [-0.2, -0.15) is 0 Å². The van der Waals surface area contributed by atoms with E-state index in [1.165, 1.54) is 0 Å². The Morgan fingerprint density at radius 1 is 1.50 bits per heavy atom. The van der Waals surface area contributed by atoms with Crippen LogP contribution in [0.15, 0.2) is 11.1 Å². The standard InChI is InChI=1S/C6H6F2O2/c7-5(8)3-1-2-4(3)6(9)10/h5H,1-2H2,(H,9,10). The van der Waals surface area contributed by atoms with Crippen molar-refractivity contribution in [3.63, 3.8) is 0 Å². The lowest BCUT2D eigenvalue weighted by atomic mass is 9.89. The highest BCUT2D eigenvalue weighted by Crippen LogP contribution is 2.32. The number of alkyl halides is 2. The lowest BCUT2D eigenvalue weighted by Gasteiger charge is -2.19. The van der Waals surface area contributed by atoms with Crippen LogP contribution in [-0.2, 0) is 4.79 Å². The molecule has 10 heavy (non-hydrogen) atoms. The number of hydrogen-bond donors (Lipinski definition) is 1. The Labute approximate surface area is 56.2 Å². The maximum atomic E-state index is 11.8. The van der Waals surface area contributed by atoms with Gasteiger partial charge in [0, 0.05) is 11.1 Å². The van der Waals surface area contributed by atoms with Gasteiger partial charge in [0.25, 0.3) is 6.43 Å². The van der Waals surface area contributed by atoms with E-state index in [1.807, 2.05) is 0 Å². The molecule has 1 aliphatic rings. The average Bonchev–Trinajstić information content (AvgIpc) is 1.56. The molecule has 2 nitrogen and oxygen atoms in total. The molecule has 0 heterocycles. The second-order valence-corrected chi connectivity index (χ2v) is 2.11. The van der Waals surface area contributed by atoms with Crippen LogP contribution in [0.1, 0.15) is 12.8 Å². The molecule has 1 rings (SSSR count). The second-order valence-electron chi connectivity index (χ2n) is 2.11. The van der Waals surface area contributed by atoms with E-state index in [0.717, 1.165) is 0 Å². The third kappa shape index (κ3) is 1.01. The molecular weight excluding hydrogens is 142 g/mol. The molecule has 4 heteroatoms. The Kier molecular flexibility index (Phi) is 1.70. The third-order valence-corrected chi connectivity index (χ3v) is 1.55. The van der Waals surface area contributed by atoms with Crippen LogP contribution in [0.4, 0.5) is 8.78 Å². The molecule has 0 saturated heterocycles. The summed E-state index contributed by atoms with van der Waals surface area (Å²) in [7, 11) is 0. The highest BCUT2D eigenvalue weighted by atomic mass is 19.3. The van der Waals surface area contributed by atoms with Gasteiger partial charge < -0.3 is 5.11 Å². The summed E-state index contributed by atoms with van der Waals surface area (Å²) in [6.07, 6.45) is -2.06. The Balaban J connectivity index is 2.77. The van der Waals surface area contributed by atoms with Crippen molar-refractivity contribution in [3.05, 3.63) is 11.1 Å². The maximum Gasteiger partial charge on any atom is 0.331 e. The van der Waals surface area contributed by atoms with Crippen molar-refractivity contribution in [1.82, 2.24) is 0 Å². The van der Waals surface area contributed by atoms with Gasteiger partial charge in [-0.15, -0.1) is 0 Å². The SMILES string of the molecule is O=C(O)C1=C(C(F)F)CC1. The quantitative estimate of drug-likeness (QED) is 0.643. The van der Waals surface area contributed by atoms with Crippen LogP contribution < -0.4 is 0 Å². The van der Waals surface area contributed by atoms with E-state index < -0.39 is 12.4 Å². The fourth-order valence-corrected chi connectivity index (χ4v) is 0.879. The van der Waals surface area contributed by atoms with Crippen molar-refractivity contribution in [2.45, 2.75) is 19.3 Å².